The molecule has 0 saturated heterocycles. The van der Waals surface area contributed by atoms with Crippen molar-refractivity contribution in [3.8, 4) is 33.0 Å². The summed E-state index contributed by atoms with van der Waals surface area (Å²) in [6.07, 6.45) is 0. The highest BCUT2D eigenvalue weighted by Gasteiger charge is 2.22. The van der Waals surface area contributed by atoms with Crippen LogP contribution in [0.1, 0.15) is 0 Å². The average molecular weight is 503 g/mol. The molecule has 178 valence electrons. The highest BCUT2D eigenvalue weighted by molar-refractivity contribution is 7.13. The van der Waals surface area contributed by atoms with Gasteiger partial charge in [0.15, 0.2) is 0 Å². The van der Waals surface area contributed by atoms with E-state index in [1.165, 1.54) is 48.3 Å². The van der Waals surface area contributed by atoms with Gasteiger partial charge in [0.2, 0.25) is 0 Å². The first-order chi connectivity index (χ1) is 18.9. The summed E-state index contributed by atoms with van der Waals surface area (Å²) in [6.45, 7) is 0. The summed E-state index contributed by atoms with van der Waals surface area (Å²) in [6, 6.07) is 45.7. The van der Waals surface area contributed by atoms with Gasteiger partial charge in [-0.1, -0.05) is 115 Å². The predicted molar refractivity (Wildman–Crippen MR) is 162 cm³/mol. The number of aromatic nitrogens is 2. The molecule has 0 fully saturated rings. The maximum Gasteiger partial charge on any atom is 0.102 e. The Hall–Kier alpha value is -4.73. The van der Waals surface area contributed by atoms with Gasteiger partial charge < -0.3 is 0 Å². The summed E-state index contributed by atoms with van der Waals surface area (Å²) in [5, 5.41) is 15.0. The van der Waals surface area contributed by atoms with Crippen molar-refractivity contribution >= 4 is 49.2 Å². The predicted octanol–water partition coefficient (Wildman–Crippen LogP) is 9.86. The van der Waals surface area contributed by atoms with Crippen LogP contribution in [0.3, 0.4) is 0 Å². The second kappa shape index (κ2) is 8.41. The van der Waals surface area contributed by atoms with Crippen molar-refractivity contribution in [3.63, 3.8) is 0 Å². The van der Waals surface area contributed by atoms with Crippen LogP contribution in [0.15, 0.2) is 133 Å². The normalized spacial score (nSPS) is 11.7. The number of pyridine rings is 1. The molecule has 8 rings (SSSR count). The highest BCUT2D eigenvalue weighted by Crippen LogP contribution is 2.43. The van der Waals surface area contributed by atoms with E-state index in [4.69, 9.17) is 5.10 Å². The zero-order valence-electron chi connectivity index (χ0n) is 20.5. The Morgan fingerprint density at radius 2 is 1.32 bits per heavy atom. The Bertz CT molecular complexity index is 2120. The lowest BCUT2D eigenvalue weighted by atomic mass is 9.93. The minimum Gasteiger partial charge on any atom is -0.230 e. The van der Waals surface area contributed by atoms with Gasteiger partial charge in [-0.25, -0.2) is 4.52 Å². The summed E-state index contributed by atoms with van der Waals surface area (Å²) >= 11 is 1.75. The molecule has 0 atom stereocenters. The van der Waals surface area contributed by atoms with Gasteiger partial charge in [0.05, 0.1) is 16.1 Å². The van der Waals surface area contributed by atoms with Crippen molar-refractivity contribution in [2.24, 2.45) is 0 Å². The van der Waals surface area contributed by atoms with E-state index < -0.39 is 0 Å². The Balaban J connectivity index is 1.57. The van der Waals surface area contributed by atoms with Crippen molar-refractivity contribution < 1.29 is 0 Å². The molecule has 0 aliphatic rings. The van der Waals surface area contributed by atoms with Crippen LogP contribution in [-0.4, -0.2) is 9.61 Å². The summed E-state index contributed by atoms with van der Waals surface area (Å²) in [5.41, 5.74) is 6.75. The van der Waals surface area contributed by atoms with Crippen LogP contribution in [0.2, 0.25) is 0 Å². The van der Waals surface area contributed by atoms with E-state index in [0.717, 1.165) is 22.5 Å². The maximum absolute atomic E-state index is 5.42. The van der Waals surface area contributed by atoms with Gasteiger partial charge in [-0.2, -0.15) is 5.10 Å². The van der Waals surface area contributed by atoms with Crippen LogP contribution in [0, 0.1) is 0 Å². The minimum atomic E-state index is 1.01. The molecule has 0 N–H and O–H groups in total. The number of rotatable bonds is 3. The first-order valence-corrected chi connectivity index (χ1v) is 13.7. The van der Waals surface area contributed by atoms with Crippen LogP contribution in [0.5, 0.6) is 0 Å². The fourth-order valence-corrected chi connectivity index (χ4v) is 6.53. The standard InChI is InChI=1S/C35H22N2S/c1-2-11-24(12-3-1)33-34(30-17-8-16-28-26-14-6-4-10-23(26)19-20-29(28)30)36-37-31(32-18-9-21-38-32)22-25-13-5-7-15-27(25)35(33)37/h1-22H. The van der Waals surface area contributed by atoms with Gasteiger partial charge in [0.25, 0.3) is 0 Å². The number of thiophene rings is 1. The van der Waals surface area contributed by atoms with E-state index in [9.17, 15) is 0 Å². The molecule has 38 heavy (non-hydrogen) atoms. The summed E-state index contributed by atoms with van der Waals surface area (Å²) < 4.78 is 2.17. The summed E-state index contributed by atoms with van der Waals surface area (Å²) in [5.74, 6) is 0. The molecule has 0 radical (unpaired) electrons. The van der Waals surface area contributed by atoms with Crippen molar-refractivity contribution in [1.82, 2.24) is 9.61 Å². The third-order valence-electron chi connectivity index (χ3n) is 7.50. The Morgan fingerprint density at radius 1 is 0.553 bits per heavy atom. The highest BCUT2D eigenvalue weighted by atomic mass is 32.1. The van der Waals surface area contributed by atoms with Crippen LogP contribution in [-0.2, 0) is 0 Å². The Morgan fingerprint density at radius 3 is 2.16 bits per heavy atom. The molecular formula is C35H22N2S. The first-order valence-electron chi connectivity index (χ1n) is 12.8. The maximum atomic E-state index is 5.42. The molecule has 8 aromatic rings. The average Bonchev–Trinajstić information content (AvgIpc) is 3.66. The molecule has 0 aliphatic carbocycles. The molecule has 0 unspecified atom stereocenters. The number of nitrogens with zero attached hydrogens (tertiary/aromatic N) is 2. The van der Waals surface area contributed by atoms with Crippen molar-refractivity contribution in [2.75, 3.05) is 0 Å². The molecule has 0 amide bonds. The lowest BCUT2D eigenvalue weighted by Gasteiger charge is -2.10. The molecule has 3 heteroatoms. The molecule has 5 aromatic carbocycles. The molecule has 0 aliphatic heterocycles. The van der Waals surface area contributed by atoms with Gasteiger partial charge in [-0.15, -0.1) is 11.3 Å². The molecule has 3 aromatic heterocycles. The van der Waals surface area contributed by atoms with Gasteiger partial charge in [-0.3, -0.25) is 0 Å². The van der Waals surface area contributed by atoms with Crippen LogP contribution >= 0.6 is 11.3 Å². The summed E-state index contributed by atoms with van der Waals surface area (Å²) in [4.78, 5) is 1.21. The van der Waals surface area contributed by atoms with E-state index in [2.05, 4.69) is 137 Å². The quantitative estimate of drug-likeness (QED) is 0.220. The minimum absolute atomic E-state index is 1.01. The van der Waals surface area contributed by atoms with Crippen LogP contribution in [0.25, 0.3) is 70.8 Å². The van der Waals surface area contributed by atoms with Gasteiger partial charge in [-0.05, 0) is 50.0 Å². The number of benzene rings is 5. The van der Waals surface area contributed by atoms with Crippen molar-refractivity contribution in [2.45, 2.75) is 0 Å². The van der Waals surface area contributed by atoms with Crippen LogP contribution in [0.4, 0.5) is 0 Å². The van der Waals surface area contributed by atoms with Gasteiger partial charge in [0, 0.05) is 16.5 Å². The Kier molecular flexibility index (Phi) is 4.73. The molecule has 0 spiro atoms. The molecule has 0 bridgehead atoms. The Labute approximate surface area is 224 Å². The lowest BCUT2D eigenvalue weighted by molar-refractivity contribution is 0.983. The second-order valence-corrected chi connectivity index (χ2v) is 10.6. The van der Waals surface area contributed by atoms with Crippen molar-refractivity contribution in [1.29, 1.82) is 0 Å². The molecule has 3 heterocycles. The van der Waals surface area contributed by atoms with E-state index in [1.54, 1.807) is 11.3 Å². The second-order valence-electron chi connectivity index (χ2n) is 9.63. The van der Waals surface area contributed by atoms with Crippen molar-refractivity contribution in [3.05, 3.63) is 133 Å². The zero-order valence-corrected chi connectivity index (χ0v) is 21.3. The topological polar surface area (TPSA) is 17.3 Å². The van der Waals surface area contributed by atoms with Gasteiger partial charge >= 0.3 is 0 Å². The van der Waals surface area contributed by atoms with E-state index >= 15 is 0 Å². The third-order valence-corrected chi connectivity index (χ3v) is 8.39. The van der Waals surface area contributed by atoms with Gasteiger partial charge in [0.1, 0.15) is 5.69 Å². The molecular weight excluding hydrogens is 480 g/mol. The SMILES string of the molecule is c1ccc(-c2c(-c3cccc4c3ccc3ccccc34)nn3c(-c4cccs4)cc4ccccc4c23)cc1. The first kappa shape index (κ1) is 21.4. The summed E-state index contributed by atoms with van der Waals surface area (Å²) in [7, 11) is 0. The van der Waals surface area contributed by atoms with E-state index in [1.807, 2.05) is 0 Å². The smallest absolute Gasteiger partial charge is 0.102 e. The lowest BCUT2D eigenvalue weighted by Crippen LogP contribution is -1.94. The molecule has 0 saturated carbocycles. The van der Waals surface area contributed by atoms with E-state index in [-0.39, 0.29) is 0 Å². The van der Waals surface area contributed by atoms with E-state index in [0.29, 0.717) is 0 Å². The number of hydrogen-bond acceptors (Lipinski definition) is 2. The molecule has 2 nitrogen and oxygen atoms in total. The number of fused-ring (bicyclic) bond motifs is 6. The fraction of sp³-hybridized carbons (Fsp3) is 0. The largest absolute Gasteiger partial charge is 0.230 e. The third kappa shape index (κ3) is 3.16. The zero-order chi connectivity index (χ0) is 25.1. The fourth-order valence-electron chi connectivity index (χ4n) is 5.80. The number of hydrogen-bond donors (Lipinski definition) is 0. The van der Waals surface area contributed by atoms with Crippen LogP contribution < -0.4 is 0 Å². The monoisotopic (exact) mass is 502 g/mol.